The molecule has 0 bridgehead atoms. The number of benzene rings is 2. The lowest BCUT2D eigenvalue weighted by Crippen LogP contribution is -2.32. The Morgan fingerprint density at radius 3 is 2.57 bits per heavy atom. The van der Waals surface area contributed by atoms with Crippen LogP contribution in [0.3, 0.4) is 0 Å². The molecule has 2 rings (SSSR count). The largest absolute Gasteiger partial charge is 0.444 e. The Kier molecular flexibility index (Phi) is 4.63. The second kappa shape index (κ2) is 6.44. The van der Waals surface area contributed by atoms with Crippen LogP contribution in [-0.4, -0.2) is 18.2 Å². The van der Waals surface area contributed by atoms with Gasteiger partial charge in [-0.1, -0.05) is 48.6 Å². The molecule has 0 radical (unpaired) electrons. The molecule has 21 heavy (non-hydrogen) atoms. The van der Waals surface area contributed by atoms with Crippen LogP contribution < -0.4 is 5.32 Å². The Labute approximate surface area is 125 Å². The summed E-state index contributed by atoms with van der Waals surface area (Å²) in [7, 11) is 0. The summed E-state index contributed by atoms with van der Waals surface area (Å²) in [4.78, 5) is 11.5. The highest BCUT2D eigenvalue weighted by atomic mass is 16.6. The van der Waals surface area contributed by atoms with Gasteiger partial charge in [-0.15, -0.1) is 0 Å². The third kappa shape index (κ3) is 4.95. The van der Waals surface area contributed by atoms with Crippen LogP contribution >= 0.6 is 0 Å². The van der Waals surface area contributed by atoms with Crippen molar-refractivity contribution in [3.63, 3.8) is 0 Å². The van der Waals surface area contributed by atoms with E-state index in [4.69, 9.17) is 4.74 Å². The molecular weight excluding hydrogens is 262 g/mol. The molecule has 3 heteroatoms. The fourth-order valence-electron chi connectivity index (χ4n) is 1.96. The molecule has 0 unspecified atom stereocenters. The fraction of sp³-hybridized carbons (Fsp3) is 0.278. The lowest BCUT2D eigenvalue weighted by atomic mass is 10.1. The Morgan fingerprint density at radius 2 is 1.86 bits per heavy atom. The van der Waals surface area contributed by atoms with Crippen LogP contribution in [0.5, 0.6) is 0 Å². The molecule has 0 spiro atoms. The van der Waals surface area contributed by atoms with Crippen molar-refractivity contribution < 1.29 is 9.53 Å². The maximum Gasteiger partial charge on any atom is 0.407 e. The van der Waals surface area contributed by atoms with Crippen molar-refractivity contribution in [3.05, 3.63) is 54.1 Å². The molecule has 3 nitrogen and oxygen atoms in total. The average molecular weight is 283 g/mol. The number of nitrogens with one attached hydrogen (secondary N) is 1. The van der Waals surface area contributed by atoms with E-state index in [0.29, 0.717) is 6.54 Å². The fourth-order valence-corrected chi connectivity index (χ4v) is 1.96. The lowest BCUT2D eigenvalue weighted by molar-refractivity contribution is 0.0534. The maximum absolute atomic E-state index is 11.5. The van der Waals surface area contributed by atoms with E-state index in [1.807, 2.05) is 45.1 Å². The minimum Gasteiger partial charge on any atom is -0.444 e. The van der Waals surface area contributed by atoms with Gasteiger partial charge in [0.2, 0.25) is 0 Å². The standard InChI is InChI=1S/C18H21NO2/c1-18(2,3)21-17(20)19-12-6-7-14-10-11-15-8-4-5-9-16(15)13-14/h4-11,13H,12H2,1-3H3,(H,19,20). The van der Waals surface area contributed by atoms with Gasteiger partial charge in [0.1, 0.15) is 5.60 Å². The summed E-state index contributed by atoms with van der Waals surface area (Å²) in [5.74, 6) is 0. The summed E-state index contributed by atoms with van der Waals surface area (Å²) in [5.41, 5.74) is 0.645. The van der Waals surface area contributed by atoms with Crippen LogP contribution in [0.2, 0.25) is 0 Å². The van der Waals surface area contributed by atoms with Gasteiger partial charge in [-0.3, -0.25) is 0 Å². The second-order valence-corrected chi connectivity index (χ2v) is 5.89. The molecule has 2 aromatic carbocycles. The van der Waals surface area contributed by atoms with E-state index in [9.17, 15) is 4.79 Å². The first-order chi connectivity index (χ1) is 9.94. The van der Waals surface area contributed by atoms with Gasteiger partial charge in [-0.2, -0.15) is 0 Å². The summed E-state index contributed by atoms with van der Waals surface area (Å²) >= 11 is 0. The maximum atomic E-state index is 11.5. The number of amides is 1. The molecular formula is C18H21NO2. The van der Waals surface area contributed by atoms with Crippen molar-refractivity contribution in [2.24, 2.45) is 0 Å². The zero-order valence-corrected chi connectivity index (χ0v) is 12.7. The molecule has 0 aliphatic rings. The van der Waals surface area contributed by atoms with Gasteiger partial charge in [0.05, 0.1) is 0 Å². The summed E-state index contributed by atoms with van der Waals surface area (Å²) in [6, 6.07) is 14.5. The molecule has 0 aliphatic carbocycles. The summed E-state index contributed by atoms with van der Waals surface area (Å²) < 4.78 is 5.16. The van der Waals surface area contributed by atoms with Gasteiger partial charge in [-0.25, -0.2) is 4.79 Å². The van der Waals surface area contributed by atoms with Crippen LogP contribution in [0, 0.1) is 0 Å². The number of fused-ring (bicyclic) bond motifs is 1. The van der Waals surface area contributed by atoms with Crippen molar-refractivity contribution in [2.75, 3.05) is 6.54 Å². The summed E-state index contributed by atoms with van der Waals surface area (Å²) in [5, 5.41) is 5.13. The number of alkyl carbamates (subject to hydrolysis) is 1. The number of carbonyl (C=O) groups excluding carboxylic acids is 1. The first kappa shape index (κ1) is 15.1. The molecule has 1 amide bonds. The minimum absolute atomic E-state index is 0.398. The Balaban J connectivity index is 1.90. The van der Waals surface area contributed by atoms with E-state index < -0.39 is 11.7 Å². The van der Waals surface area contributed by atoms with Gasteiger partial charge in [-0.05, 0) is 43.2 Å². The highest BCUT2D eigenvalue weighted by Crippen LogP contribution is 2.16. The van der Waals surface area contributed by atoms with Gasteiger partial charge in [0.25, 0.3) is 0 Å². The number of hydrogen-bond acceptors (Lipinski definition) is 2. The third-order valence-electron chi connectivity index (χ3n) is 2.85. The van der Waals surface area contributed by atoms with Crippen LogP contribution in [0.25, 0.3) is 16.8 Å². The predicted octanol–water partition coefficient (Wildman–Crippen LogP) is 4.38. The SMILES string of the molecule is CC(C)(C)OC(=O)NCC=Cc1ccc2ccccc2c1. The van der Waals surface area contributed by atoms with E-state index in [-0.39, 0.29) is 0 Å². The van der Waals surface area contributed by atoms with Crippen molar-refractivity contribution >= 4 is 22.9 Å². The van der Waals surface area contributed by atoms with Gasteiger partial charge < -0.3 is 10.1 Å². The molecule has 110 valence electrons. The first-order valence-electron chi connectivity index (χ1n) is 7.06. The Morgan fingerprint density at radius 1 is 1.14 bits per heavy atom. The summed E-state index contributed by atoms with van der Waals surface area (Å²) in [6.07, 6.45) is 3.50. The van der Waals surface area contributed by atoms with Gasteiger partial charge in [0, 0.05) is 6.54 Å². The van der Waals surface area contributed by atoms with Crippen LogP contribution in [-0.2, 0) is 4.74 Å². The number of carbonyl (C=O) groups is 1. The van der Waals surface area contributed by atoms with Crippen LogP contribution in [0.15, 0.2) is 48.5 Å². The number of ether oxygens (including phenoxy) is 1. The molecule has 0 saturated heterocycles. The second-order valence-electron chi connectivity index (χ2n) is 5.89. The molecule has 0 saturated carbocycles. The van der Waals surface area contributed by atoms with Crippen molar-refractivity contribution in [1.29, 1.82) is 0 Å². The zero-order chi connectivity index (χ0) is 15.3. The third-order valence-corrected chi connectivity index (χ3v) is 2.85. The van der Waals surface area contributed by atoms with Gasteiger partial charge in [0.15, 0.2) is 0 Å². The minimum atomic E-state index is -0.466. The van der Waals surface area contributed by atoms with Crippen LogP contribution in [0.4, 0.5) is 4.79 Å². The lowest BCUT2D eigenvalue weighted by Gasteiger charge is -2.19. The van der Waals surface area contributed by atoms with Crippen LogP contribution in [0.1, 0.15) is 26.3 Å². The molecule has 0 fully saturated rings. The predicted molar refractivity (Wildman–Crippen MR) is 87.2 cm³/mol. The van der Waals surface area contributed by atoms with Crippen molar-refractivity contribution in [2.45, 2.75) is 26.4 Å². The summed E-state index contributed by atoms with van der Waals surface area (Å²) in [6.45, 7) is 5.98. The van der Waals surface area contributed by atoms with E-state index >= 15 is 0 Å². The quantitative estimate of drug-likeness (QED) is 0.908. The highest BCUT2D eigenvalue weighted by molar-refractivity contribution is 5.84. The molecule has 0 atom stereocenters. The smallest absolute Gasteiger partial charge is 0.407 e. The molecule has 2 aromatic rings. The molecule has 0 aromatic heterocycles. The molecule has 1 N–H and O–H groups in total. The van der Waals surface area contributed by atoms with E-state index in [1.54, 1.807) is 0 Å². The molecule has 0 aliphatic heterocycles. The topological polar surface area (TPSA) is 38.3 Å². The van der Waals surface area contributed by atoms with Gasteiger partial charge >= 0.3 is 6.09 Å². The van der Waals surface area contributed by atoms with Crippen molar-refractivity contribution in [3.8, 4) is 0 Å². The Bertz CT molecular complexity index is 654. The number of rotatable bonds is 3. The van der Waals surface area contributed by atoms with E-state index in [1.165, 1.54) is 10.8 Å². The number of hydrogen-bond donors (Lipinski definition) is 1. The Hall–Kier alpha value is -2.29. The average Bonchev–Trinajstić information content (AvgIpc) is 2.41. The first-order valence-corrected chi connectivity index (χ1v) is 7.06. The van der Waals surface area contributed by atoms with E-state index in [2.05, 4.69) is 35.6 Å². The zero-order valence-electron chi connectivity index (χ0n) is 12.7. The normalized spacial score (nSPS) is 11.8. The van der Waals surface area contributed by atoms with E-state index in [0.717, 1.165) is 5.56 Å². The molecule has 0 heterocycles. The highest BCUT2D eigenvalue weighted by Gasteiger charge is 2.14. The monoisotopic (exact) mass is 283 g/mol. The van der Waals surface area contributed by atoms with Crippen molar-refractivity contribution in [1.82, 2.24) is 5.32 Å².